The van der Waals surface area contributed by atoms with Gasteiger partial charge >= 0.3 is 0 Å². The third kappa shape index (κ3) is 4.63. The second-order valence-electron chi connectivity index (χ2n) is 6.15. The Labute approximate surface area is 118 Å². The molecule has 0 radical (unpaired) electrons. The topological polar surface area (TPSA) is 15.3 Å². The van der Waals surface area contributed by atoms with Crippen molar-refractivity contribution in [2.75, 3.05) is 20.1 Å². The predicted molar refractivity (Wildman–Crippen MR) is 82.3 cm³/mol. The van der Waals surface area contributed by atoms with E-state index in [9.17, 15) is 0 Å². The summed E-state index contributed by atoms with van der Waals surface area (Å²) in [6.45, 7) is 8.09. The number of nitrogens with one attached hydrogen (secondary N) is 1. The van der Waals surface area contributed by atoms with Crippen LogP contribution in [-0.4, -0.2) is 31.1 Å². The smallest absolute Gasteiger partial charge is 0.0233 e. The number of piperidine rings is 1. The summed E-state index contributed by atoms with van der Waals surface area (Å²) in [7, 11) is 2.07. The second kappa shape index (κ2) is 7.06. The van der Waals surface area contributed by atoms with E-state index in [1.807, 2.05) is 0 Å². The maximum absolute atomic E-state index is 3.36. The molecule has 0 spiro atoms. The summed E-state index contributed by atoms with van der Waals surface area (Å²) in [5.74, 6) is 0.863. The molecule has 2 unspecified atom stereocenters. The van der Waals surface area contributed by atoms with Gasteiger partial charge in [0.25, 0.3) is 0 Å². The van der Waals surface area contributed by atoms with Crippen molar-refractivity contribution in [1.82, 2.24) is 10.2 Å². The molecule has 1 aliphatic rings. The molecule has 2 heteroatoms. The van der Waals surface area contributed by atoms with Crippen LogP contribution in [0.4, 0.5) is 0 Å². The lowest BCUT2D eigenvalue weighted by atomic mass is 9.91. The monoisotopic (exact) mass is 260 g/mol. The third-order valence-electron chi connectivity index (χ3n) is 4.31. The normalized spacial score (nSPS) is 22.4. The van der Waals surface area contributed by atoms with E-state index >= 15 is 0 Å². The van der Waals surface area contributed by atoms with Gasteiger partial charge in [0, 0.05) is 19.1 Å². The number of aryl methyl sites for hydroxylation is 1. The van der Waals surface area contributed by atoms with Crippen LogP contribution in [0.5, 0.6) is 0 Å². The van der Waals surface area contributed by atoms with Gasteiger partial charge in [0.15, 0.2) is 0 Å². The molecular formula is C17H28N2. The Bertz CT molecular complexity index is 371. The Morgan fingerprint density at radius 3 is 2.74 bits per heavy atom. The lowest BCUT2D eigenvalue weighted by molar-refractivity contribution is 0.155. The molecule has 0 bridgehead atoms. The van der Waals surface area contributed by atoms with Crippen molar-refractivity contribution in [3.8, 4) is 0 Å². The minimum atomic E-state index is 0.643. The van der Waals surface area contributed by atoms with Crippen molar-refractivity contribution in [2.24, 2.45) is 5.92 Å². The van der Waals surface area contributed by atoms with E-state index in [1.54, 1.807) is 0 Å². The Morgan fingerprint density at radius 2 is 2.05 bits per heavy atom. The zero-order chi connectivity index (χ0) is 13.7. The molecule has 0 saturated carbocycles. The van der Waals surface area contributed by atoms with Crippen molar-refractivity contribution in [3.63, 3.8) is 0 Å². The van der Waals surface area contributed by atoms with E-state index in [-0.39, 0.29) is 0 Å². The Morgan fingerprint density at radius 1 is 1.32 bits per heavy atom. The number of benzene rings is 1. The summed E-state index contributed by atoms with van der Waals surface area (Å²) in [4.78, 5) is 2.63. The summed E-state index contributed by atoms with van der Waals surface area (Å²) in [6.07, 6.45) is 4.06. The molecule has 1 fully saturated rings. The highest BCUT2D eigenvalue weighted by Crippen LogP contribution is 2.22. The van der Waals surface area contributed by atoms with Crippen LogP contribution in [-0.2, 0) is 6.54 Å². The molecule has 2 atom stereocenters. The largest absolute Gasteiger partial charge is 0.317 e. The molecule has 0 amide bonds. The van der Waals surface area contributed by atoms with Gasteiger partial charge in [0.1, 0.15) is 0 Å². The van der Waals surface area contributed by atoms with Crippen LogP contribution in [0.2, 0.25) is 0 Å². The standard InChI is InChI=1S/C17H28N2/c1-14-6-8-16(9-7-14)12-19-10-4-5-17(13-19)11-15(2)18-3/h6-9,15,17-18H,4-5,10-13H2,1-3H3. The fraction of sp³-hybridized carbons (Fsp3) is 0.647. The Balaban J connectivity index is 1.85. The summed E-state index contributed by atoms with van der Waals surface area (Å²) >= 11 is 0. The van der Waals surface area contributed by atoms with Gasteiger partial charge < -0.3 is 5.32 Å². The zero-order valence-electron chi connectivity index (χ0n) is 12.7. The van der Waals surface area contributed by atoms with Crippen molar-refractivity contribution < 1.29 is 0 Å². The lowest BCUT2D eigenvalue weighted by Gasteiger charge is -2.34. The molecule has 2 rings (SSSR count). The zero-order valence-corrected chi connectivity index (χ0v) is 12.7. The van der Waals surface area contributed by atoms with Crippen molar-refractivity contribution in [2.45, 2.75) is 45.7 Å². The molecular weight excluding hydrogens is 232 g/mol. The summed E-state index contributed by atoms with van der Waals surface area (Å²) in [6, 6.07) is 9.63. The number of nitrogens with zero attached hydrogens (tertiary/aromatic N) is 1. The van der Waals surface area contributed by atoms with Crippen molar-refractivity contribution in [3.05, 3.63) is 35.4 Å². The highest BCUT2D eigenvalue weighted by atomic mass is 15.1. The Kier molecular flexibility index (Phi) is 5.41. The van der Waals surface area contributed by atoms with Gasteiger partial charge in [0.2, 0.25) is 0 Å². The Hall–Kier alpha value is -0.860. The van der Waals surface area contributed by atoms with E-state index in [1.165, 1.54) is 43.5 Å². The van der Waals surface area contributed by atoms with Crippen molar-refractivity contribution >= 4 is 0 Å². The number of hydrogen-bond donors (Lipinski definition) is 1. The molecule has 1 aromatic carbocycles. The molecule has 1 aromatic rings. The maximum atomic E-state index is 3.36. The average Bonchev–Trinajstić information content (AvgIpc) is 2.42. The van der Waals surface area contributed by atoms with Crippen LogP contribution in [0.15, 0.2) is 24.3 Å². The fourth-order valence-electron chi connectivity index (χ4n) is 3.06. The molecule has 1 N–H and O–H groups in total. The van der Waals surface area contributed by atoms with Crippen LogP contribution in [0.25, 0.3) is 0 Å². The van der Waals surface area contributed by atoms with Crippen LogP contribution in [0.1, 0.15) is 37.3 Å². The third-order valence-corrected chi connectivity index (χ3v) is 4.31. The first kappa shape index (κ1) is 14.5. The number of likely N-dealkylation sites (tertiary alicyclic amines) is 1. The quantitative estimate of drug-likeness (QED) is 0.874. The first-order valence-corrected chi connectivity index (χ1v) is 7.62. The fourth-order valence-corrected chi connectivity index (χ4v) is 3.06. The van der Waals surface area contributed by atoms with Crippen LogP contribution in [0, 0.1) is 12.8 Å². The van der Waals surface area contributed by atoms with E-state index in [4.69, 9.17) is 0 Å². The molecule has 19 heavy (non-hydrogen) atoms. The van der Waals surface area contributed by atoms with Gasteiger partial charge in [-0.25, -0.2) is 0 Å². The number of hydrogen-bond acceptors (Lipinski definition) is 2. The van der Waals surface area contributed by atoms with E-state index < -0.39 is 0 Å². The summed E-state index contributed by atoms with van der Waals surface area (Å²) in [5, 5.41) is 3.36. The van der Waals surface area contributed by atoms with Crippen LogP contribution in [0.3, 0.4) is 0 Å². The summed E-state index contributed by atoms with van der Waals surface area (Å²) < 4.78 is 0. The first-order chi connectivity index (χ1) is 9.17. The van der Waals surface area contributed by atoms with E-state index in [0.29, 0.717) is 6.04 Å². The number of rotatable bonds is 5. The molecule has 2 nitrogen and oxygen atoms in total. The molecule has 106 valence electrons. The highest BCUT2D eigenvalue weighted by molar-refractivity contribution is 5.21. The van der Waals surface area contributed by atoms with Gasteiger partial charge in [-0.3, -0.25) is 4.90 Å². The predicted octanol–water partition coefficient (Wildman–Crippen LogP) is 3.21. The lowest BCUT2D eigenvalue weighted by Crippen LogP contribution is -2.37. The summed E-state index contributed by atoms with van der Waals surface area (Å²) in [5.41, 5.74) is 2.80. The van der Waals surface area contributed by atoms with Crippen molar-refractivity contribution in [1.29, 1.82) is 0 Å². The molecule has 1 aliphatic heterocycles. The average molecular weight is 260 g/mol. The molecule has 1 heterocycles. The van der Waals surface area contributed by atoms with Crippen LogP contribution >= 0.6 is 0 Å². The maximum Gasteiger partial charge on any atom is 0.0233 e. The van der Waals surface area contributed by atoms with Gasteiger partial charge in [-0.15, -0.1) is 0 Å². The van der Waals surface area contributed by atoms with E-state index in [2.05, 4.69) is 55.4 Å². The molecule has 1 saturated heterocycles. The SMILES string of the molecule is CNC(C)CC1CCCN(Cc2ccc(C)cc2)C1. The molecule has 0 aromatic heterocycles. The van der Waals surface area contributed by atoms with E-state index in [0.717, 1.165) is 12.5 Å². The second-order valence-corrected chi connectivity index (χ2v) is 6.15. The first-order valence-electron chi connectivity index (χ1n) is 7.62. The van der Waals surface area contributed by atoms with Gasteiger partial charge in [0.05, 0.1) is 0 Å². The molecule has 0 aliphatic carbocycles. The van der Waals surface area contributed by atoms with Crippen LogP contribution < -0.4 is 5.32 Å². The minimum Gasteiger partial charge on any atom is -0.317 e. The van der Waals surface area contributed by atoms with Gasteiger partial charge in [-0.05, 0) is 58.2 Å². The van der Waals surface area contributed by atoms with Gasteiger partial charge in [-0.2, -0.15) is 0 Å². The highest BCUT2D eigenvalue weighted by Gasteiger charge is 2.21. The van der Waals surface area contributed by atoms with Gasteiger partial charge in [-0.1, -0.05) is 29.8 Å². The minimum absolute atomic E-state index is 0.643.